The van der Waals surface area contributed by atoms with Gasteiger partial charge in [-0.25, -0.2) is 0 Å². The molecule has 1 heterocycles. The van der Waals surface area contributed by atoms with Crippen LogP contribution >= 0.6 is 15.9 Å². The van der Waals surface area contributed by atoms with Gasteiger partial charge in [-0.3, -0.25) is 4.90 Å². The quantitative estimate of drug-likeness (QED) is 0.792. The van der Waals surface area contributed by atoms with Crippen LogP contribution in [0.5, 0.6) is 11.5 Å². The van der Waals surface area contributed by atoms with Crippen LogP contribution in [-0.4, -0.2) is 44.8 Å². The lowest BCUT2D eigenvalue weighted by molar-refractivity contribution is 0.197. The van der Waals surface area contributed by atoms with Crippen molar-refractivity contribution in [3.8, 4) is 11.5 Å². The first-order valence-electron chi connectivity index (χ1n) is 8.74. The number of rotatable bonds is 6. The average Bonchev–Trinajstić information content (AvgIpc) is 2.65. The summed E-state index contributed by atoms with van der Waals surface area (Å²) in [5.41, 5.74) is 2.50. The van der Waals surface area contributed by atoms with Crippen molar-refractivity contribution in [2.24, 2.45) is 0 Å². The molecule has 1 aliphatic rings. The molecule has 0 spiro atoms. The topological polar surface area (TPSA) is 33.7 Å². The fourth-order valence-corrected chi connectivity index (χ4v) is 3.86. The molecule has 25 heavy (non-hydrogen) atoms. The maximum atomic E-state index is 5.80. The molecule has 1 N–H and O–H groups in total. The first kappa shape index (κ1) is 18.2. The largest absolute Gasteiger partial charge is 0.493 e. The van der Waals surface area contributed by atoms with Crippen molar-refractivity contribution in [1.82, 2.24) is 10.2 Å². The zero-order valence-corrected chi connectivity index (χ0v) is 16.4. The predicted molar refractivity (Wildman–Crippen MR) is 105 cm³/mol. The molecule has 1 aliphatic heterocycles. The van der Waals surface area contributed by atoms with Gasteiger partial charge < -0.3 is 14.8 Å². The Hall–Kier alpha value is -1.56. The molecule has 0 saturated carbocycles. The van der Waals surface area contributed by atoms with E-state index in [2.05, 4.69) is 62.5 Å². The van der Waals surface area contributed by atoms with Crippen molar-refractivity contribution < 1.29 is 9.47 Å². The summed E-state index contributed by atoms with van der Waals surface area (Å²) in [5, 5.41) is 3.44. The van der Waals surface area contributed by atoms with Crippen LogP contribution in [0.3, 0.4) is 0 Å². The highest BCUT2D eigenvalue weighted by Gasteiger charge is 2.26. The van der Waals surface area contributed by atoms with Crippen LogP contribution < -0.4 is 14.8 Å². The molecule has 5 heteroatoms. The third kappa shape index (κ3) is 4.17. The first-order valence-corrected chi connectivity index (χ1v) is 9.53. The Balaban J connectivity index is 2.05. The summed E-state index contributed by atoms with van der Waals surface area (Å²) >= 11 is 3.74. The molecule has 0 amide bonds. The molecule has 1 unspecified atom stereocenters. The van der Waals surface area contributed by atoms with E-state index < -0.39 is 0 Å². The summed E-state index contributed by atoms with van der Waals surface area (Å²) in [5.74, 6) is 1.58. The molecular formula is C20H25BrN2O2. The van der Waals surface area contributed by atoms with Gasteiger partial charge in [-0.15, -0.1) is 0 Å². The van der Waals surface area contributed by atoms with Crippen molar-refractivity contribution in [1.29, 1.82) is 0 Å². The summed E-state index contributed by atoms with van der Waals surface area (Å²) in [7, 11) is 1.68. The fourth-order valence-electron chi connectivity index (χ4n) is 3.36. The third-order valence-electron chi connectivity index (χ3n) is 4.52. The van der Waals surface area contributed by atoms with Crippen molar-refractivity contribution in [3.63, 3.8) is 0 Å². The Bertz CT molecular complexity index is 702. The Kier molecular flexibility index (Phi) is 6.34. The number of hydrogen-bond acceptors (Lipinski definition) is 4. The number of benzene rings is 2. The number of halogens is 1. The molecular weight excluding hydrogens is 380 g/mol. The first-order chi connectivity index (χ1) is 12.2. The minimum Gasteiger partial charge on any atom is -0.493 e. The lowest BCUT2D eigenvalue weighted by Crippen LogP contribution is -2.45. The van der Waals surface area contributed by atoms with Gasteiger partial charge in [0.05, 0.1) is 19.8 Å². The van der Waals surface area contributed by atoms with Gasteiger partial charge in [0.25, 0.3) is 0 Å². The van der Waals surface area contributed by atoms with Gasteiger partial charge in [0.1, 0.15) is 0 Å². The highest BCUT2D eigenvalue weighted by atomic mass is 79.9. The summed E-state index contributed by atoms with van der Waals surface area (Å²) in [6.07, 6.45) is 0. The molecule has 2 aromatic rings. The Morgan fingerprint density at radius 3 is 2.56 bits per heavy atom. The van der Waals surface area contributed by atoms with Crippen LogP contribution in [0.25, 0.3) is 0 Å². The monoisotopic (exact) mass is 404 g/mol. The molecule has 2 aromatic carbocycles. The Morgan fingerprint density at radius 2 is 1.88 bits per heavy atom. The zero-order chi connectivity index (χ0) is 17.6. The van der Waals surface area contributed by atoms with Crippen molar-refractivity contribution >= 4 is 15.9 Å². The van der Waals surface area contributed by atoms with E-state index in [4.69, 9.17) is 9.47 Å². The number of methoxy groups -OCH3 is 1. The summed E-state index contributed by atoms with van der Waals surface area (Å²) < 4.78 is 12.4. The second-order valence-electron chi connectivity index (χ2n) is 6.05. The third-order valence-corrected chi connectivity index (χ3v) is 5.24. The second kappa shape index (κ2) is 8.70. The maximum Gasteiger partial charge on any atom is 0.161 e. The van der Waals surface area contributed by atoms with Gasteiger partial charge >= 0.3 is 0 Å². The van der Waals surface area contributed by atoms with Crippen LogP contribution in [0.2, 0.25) is 0 Å². The molecule has 0 aliphatic carbocycles. The molecule has 134 valence electrons. The van der Waals surface area contributed by atoms with E-state index in [1.807, 2.05) is 13.0 Å². The van der Waals surface area contributed by atoms with Gasteiger partial charge in [0.2, 0.25) is 0 Å². The molecule has 4 nitrogen and oxygen atoms in total. The number of hydrogen-bond donors (Lipinski definition) is 1. The minimum absolute atomic E-state index is 0.183. The van der Waals surface area contributed by atoms with Crippen molar-refractivity contribution in [2.45, 2.75) is 13.0 Å². The van der Waals surface area contributed by atoms with Crippen molar-refractivity contribution in [3.05, 3.63) is 58.1 Å². The van der Waals surface area contributed by atoms with Crippen LogP contribution in [0, 0.1) is 0 Å². The number of nitrogens with one attached hydrogen (secondary N) is 1. The summed E-state index contributed by atoms with van der Waals surface area (Å²) in [6, 6.07) is 14.9. The highest BCUT2D eigenvalue weighted by Crippen LogP contribution is 2.37. The molecule has 1 atom stereocenters. The van der Waals surface area contributed by atoms with Crippen LogP contribution in [0.4, 0.5) is 0 Å². The van der Waals surface area contributed by atoms with E-state index >= 15 is 0 Å². The van der Waals surface area contributed by atoms with Gasteiger partial charge in [0, 0.05) is 30.7 Å². The van der Waals surface area contributed by atoms with Crippen LogP contribution in [0.1, 0.15) is 24.1 Å². The van der Waals surface area contributed by atoms with E-state index in [-0.39, 0.29) is 6.04 Å². The minimum atomic E-state index is 0.183. The van der Waals surface area contributed by atoms with Gasteiger partial charge in [-0.05, 0) is 36.2 Å². The SMILES string of the molecule is CCOc1cc(C(c2ccccc2Br)N2CCNCC2)ccc1OC. The number of nitrogens with zero attached hydrogens (tertiary/aromatic N) is 1. The van der Waals surface area contributed by atoms with Crippen LogP contribution in [-0.2, 0) is 0 Å². The van der Waals surface area contributed by atoms with Gasteiger partial charge in [0.15, 0.2) is 11.5 Å². The van der Waals surface area contributed by atoms with Crippen LogP contribution in [0.15, 0.2) is 46.9 Å². The van der Waals surface area contributed by atoms with E-state index in [1.165, 1.54) is 11.1 Å². The Labute approximate surface area is 158 Å². The lowest BCUT2D eigenvalue weighted by atomic mass is 9.96. The molecule has 1 saturated heterocycles. The molecule has 0 radical (unpaired) electrons. The van der Waals surface area contributed by atoms with E-state index in [1.54, 1.807) is 7.11 Å². The average molecular weight is 405 g/mol. The normalized spacial score (nSPS) is 16.4. The van der Waals surface area contributed by atoms with E-state index in [9.17, 15) is 0 Å². The van der Waals surface area contributed by atoms with Gasteiger partial charge in [-0.2, -0.15) is 0 Å². The number of ether oxygens (including phenoxy) is 2. The molecule has 0 aromatic heterocycles. The van der Waals surface area contributed by atoms with E-state index in [0.29, 0.717) is 6.61 Å². The predicted octanol–water partition coefficient (Wildman–Crippen LogP) is 3.85. The maximum absolute atomic E-state index is 5.80. The van der Waals surface area contributed by atoms with Gasteiger partial charge in [-0.1, -0.05) is 40.2 Å². The number of piperazine rings is 1. The fraction of sp³-hybridized carbons (Fsp3) is 0.400. The highest BCUT2D eigenvalue weighted by molar-refractivity contribution is 9.10. The smallest absolute Gasteiger partial charge is 0.161 e. The molecule has 3 rings (SSSR count). The Morgan fingerprint density at radius 1 is 1.12 bits per heavy atom. The van der Waals surface area contributed by atoms with Crippen molar-refractivity contribution in [2.75, 3.05) is 39.9 Å². The molecule has 0 bridgehead atoms. The molecule has 1 fully saturated rings. The zero-order valence-electron chi connectivity index (χ0n) is 14.8. The summed E-state index contributed by atoms with van der Waals surface area (Å²) in [4.78, 5) is 2.52. The standard InChI is InChI=1S/C20H25BrN2O2/c1-3-25-19-14-15(8-9-18(19)24-2)20(23-12-10-22-11-13-23)16-6-4-5-7-17(16)21/h4-9,14,20,22H,3,10-13H2,1-2H3. The summed E-state index contributed by atoms with van der Waals surface area (Å²) in [6.45, 7) is 6.66. The van der Waals surface area contributed by atoms with E-state index in [0.717, 1.165) is 42.2 Å². The lowest BCUT2D eigenvalue weighted by Gasteiger charge is -2.36. The second-order valence-corrected chi connectivity index (χ2v) is 6.91.